The molecule has 2 aromatic carbocycles. The molecular weight excluding hydrogens is 527 g/mol. The van der Waals surface area contributed by atoms with Crippen LogP contribution in [0.25, 0.3) is 0 Å². The Morgan fingerprint density at radius 2 is 1.73 bits per heavy atom. The number of hydrogen-bond donors (Lipinski definition) is 1. The van der Waals surface area contributed by atoms with Crippen molar-refractivity contribution in [2.75, 3.05) is 26.2 Å². The summed E-state index contributed by atoms with van der Waals surface area (Å²) >= 11 is 6.10. The predicted octanol–water partition coefficient (Wildman–Crippen LogP) is 5.81. The smallest absolute Gasteiger partial charge is 0.256 e. The van der Waals surface area contributed by atoms with Crippen LogP contribution in [0.5, 0.6) is 0 Å². The number of piperidine rings is 2. The van der Waals surface area contributed by atoms with Gasteiger partial charge in [0.15, 0.2) is 0 Å². The lowest BCUT2D eigenvalue weighted by Crippen LogP contribution is -2.48. The molecule has 2 aliphatic heterocycles. The largest absolute Gasteiger partial charge is 0.345 e. The van der Waals surface area contributed by atoms with E-state index in [-0.39, 0.29) is 22.5 Å². The van der Waals surface area contributed by atoms with Crippen LogP contribution in [0.1, 0.15) is 75.6 Å². The number of amides is 2. The van der Waals surface area contributed by atoms with Crippen molar-refractivity contribution in [3.8, 4) is 0 Å². The number of rotatable bonds is 5. The number of benzene rings is 2. The Morgan fingerprint density at radius 3 is 2.45 bits per heavy atom. The third-order valence-corrected chi connectivity index (χ3v) is 9.46. The summed E-state index contributed by atoms with van der Waals surface area (Å²) in [6.45, 7) is 4.69. The highest BCUT2D eigenvalue weighted by Crippen LogP contribution is 2.42. The highest BCUT2D eigenvalue weighted by Gasteiger charge is 2.39. The highest BCUT2D eigenvalue weighted by atomic mass is 35.5. The van der Waals surface area contributed by atoms with Gasteiger partial charge in [0, 0.05) is 37.6 Å². The minimum atomic E-state index is -0.644. The van der Waals surface area contributed by atoms with Crippen LogP contribution >= 0.6 is 11.6 Å². The Hall–Kier alpha value is -3.29. The second-order valence-electron chi connectivity index (χ2n) is 11.5. The zero-order valence-corrected chi connectivity index (χ0v) is 23.3. The van der Waals surface area contributed by atoms with Crippen molar-refractivity contribution in [3.63, 3.8) is 0 Å². The minimum absolute atomic E-state index is 0.0434. The molecule has 208 valence electrons. The average Bonchev–Trinajstić information content (AvgIpc) is 3.37. The number of aromatic nitrogens is 1. The van der Waals surface area contributed by atoms with Crippen LogP contribution < -0.4 is 5.32 Å². The third kappa shape index (κ3) is 5.50. The molecule has 1 N–H and O–H groups in total. The molecule has 0 radical (unpaired) electrons. The molecule has 1 aliphatic carbocycles. The first kappa shape index (κ1) is 26.9. The van der Waals surface area contributed by atoms with Gasteiger partial charge in [0.25, 0.3) is 11.8 Å². The van der Waals surface area contributed by atoms with E-state index in [1.54, 1.807) is 0 Å². The van der Waals surface area contributed by atoms with Gasteiger partial charge in [0.1, 0.15) is 5.82 Å². The number of likely N-dealkylation sites (tertiary alicyclic amines) is 2. The molecule has 2 amide bonds. The van der Waals surface area contributed by atoms with Gasteiger partial charge >= 0.3 is 0 Å². The number of aryl methyl sites for hydroxylation is 1. The van der Waals surface area contributed by atoms with Crippen molar-refractivity contribution in [1.29, 1.82) is 0 Å². The minimum Gasteiger partial charge on any atom is -0.345 e. The van der Waals surface area contributed by atoms with E-state index in [0.29, 0.717) is 17.4 Å². The lowest BCUT2D eigenvalue weighted by Gasteiger charge is -2.47. The number of hydrogen-bond acceptors (Lipinski definition) is 4. The van der Waals surface area contributed by atoms with E-state index in [9.17, 15) is 14.0 Å². The molecule has 6 rings (SSSR count). The van der Waals surface area contributed by atoms with Crippen molar-refractivity contribution in [2.24, 2.45) is 5.41 Å². The van der Waals surface area contributed by atoms with Gasteiger partial charge in [0.2, 0.25) is 0 Å². The zero-order valence-electron chi connectivity index (χ0n) is 22.5. The Labute approximate surface area is 239 Å². The Bertz CT molecular complexity index is 1380. The zero-order chi connectivity index (χ0) is 27.7. The van der Waals surface area contributed by atoms with Crippen molar-refractivity contribution >= 4 is 23.4 Å². The van der Waals surface area contributed by atoms with Gasteiger partial charge < -0.3 is 10.2 Å². The predicted molar refractivity (Wildman–Crippen MR) is 153 cm³/mol. The number of nitrogens with one attached hydrogen (secondary N) is 1. The maximum atomic E-state index is 14.3. The van der Waals surface area contributed by atoms with Crippen LogP contribution in [0.4, 0.5) is 4.39 Å². The monoisotopic (exact) mass is 560 g/mol. The first-order valence-electron chi connectivity index (χ1n) is 14.2. The molecule has 1 unspecified atom stereocenters. The fourth-order valence-electron chi connectivity index (χ4n) is 6.63. The quantitative estimate of drug-likeness (QED) is 0.428. The van der Waals surface area contributed by atoms with Crippen LogP contribution in [0.3, 0.4) is 0 Å². The molecule has 0 saturated carbocycles. The molecule has 3 aromatic rings. The summed E-state index contributed by atoms with van der Waals surface area (Å²) in [5, 5.41) is 3.03. The summed E-state index contributed by atoms with van der Waals surface area (Å²) < 4.78 is 14.3. The Balaban J connectivity index is 1.06. The molecule has 1 atom stereocenters. The number of nitrogens with zero attached hydrogens (tertiary/aromatic N) is 3. The number of carbonyl (C=O) groups excluding carboxylic acids is 2. The molecule has 8 heteroatoms. The maximum absolute atomic E-state index is 14.3. The average molecular weight is 561 g/mol. The van der Waals surface area contributed by atoms with Crippen LogP contribution in [0, 0.1) is 11.2 Å². The molecular formula is C32H34ClFN4O2. The maximum Gasteiger partial charge on any atom is 0.256 e. The number of halogens is 2. The van der Waals surface area contributed by atoms with Crippen LogP contribution in [0.15, 0.2) is 60.9 Å². The van der Waals surface area contributed by atoms with E-state index in [2.05, 4.69) is 27.3 Å². The number of carbonyl (C=O) groups is 2. The molecule has 1 spiro atoms. The topological polar surface area (TPSA) is 65.5 Å². The second kappa shape index (κ2) is 11.3. The summed E-state index contributed by atoms with van der Waals surface area (Å²) in [5.74, 6) is -1.14. The molecule has 0 bridgehead atoms. The molecule has 40 heavy (non-hydrogen) atoms. The summed E-state index contributed by atoms with van der Waals surface area (Å²) in [6.07, 6.45) is 9.63. The van der Waals surface area contributed by atoms with Gasteiger partial charge in [-0.2, -0.15) is 0 Å². The van der Waals surface area contributed by atoms with Crippen molar-refractivity contribution < 1.29 is 14.0 Å². The van der Waals surface area contributed by atoms with Crippen LogP contribution in [0.2, 0.25) is 5.02 Å². The molecule has 2 fully saturated rings. The van der Waals surface area contributed by atoms with E-state index in [1.807, 2.05) is 35.5 Å². The SMILES string of the molecule is O=C(NC1CCc2ccc(C(=O)N3CCC4(CCN(Cc5ccncc5)CC4)CC3)cc21)c1c(F)cccc1Cl. The van der Waals surface area contributed by atoms with Gasteiger partial charge in [-0.05, 0) is 110 Å². The van der Waals surface area contributed by atoms with Gasteiger partial charge in [0.05, 0.1) is 16.6 Å². The molecule has 6 nitrogen and oxygen atoms in total. The van der Waals surface area contributed by atoms with Crippen molar-refractivity contribution in [3.05, 3.63) is 99.6 Å². The van der Waals surface area contributed by atoms with E-state index >= 15 is 0 Å². The fourth-order valence-corrected chi connectivity index (χ4v) is 6.88. The fraction of sp³-hybridized carbons (Fsp3) is 0.406. The molecule has 3 aliphatic rings. The number of pyridine rings is 1. The first-order chi connectivity index (χ1) is 19.4. The molecule has 3 heterocycles. The van der Waals surface area contributed by atoms with Crippen molar-refractivity contribution in [1.82, 2.24) is 20.1 Å². The Kier molecular flexibility index (Phi) is 7.60. The summed E-state index contributed by atoms with van der Waals surface area (Å²) in [6, 6.07) is 13.9. The highest BCUT2D eigenvalue weighted by molar-refractivity contribution is 6.33. The second-order valence-corrected chi connectivity index (χ2v) is 11.9. The first-order valence-corrected chi connectivity index (χ1v) is 14.6. The lowest BCUT2D eigenvalue weighted by atomic mass is 9.71. The van der Waals surface area contributed by atoms with Crippen molar-refractivity contribution in [2.45, 2.75) is 51.1 Å². The van der Waals surface area contributed by atoms with Gasteiger partial charge in [-0.1, -0.05) is 23.7 Å². The van der Waals surface area contributed by atoms with E-state index < -0.39 is 11.7 Å². The van der Waals surface area contributed by atoms with E-state index in [0.717, 1.165) is 63.1 Å². The van der Waals surface area contributed by atoms with Gasteiger partial charge in [-0.15, -0.1) is 0 Å². The van der Waals surface area contributed by atoms with E-state index in [1.165, 1.54) is 36.6 Å². The summed E-state index contributed by atoms with van der Waals surface area (Å²) in [5.41, 5.74) is 4.17. The normalized spacial score (nSPS) is 20.4. The summed E-state index contributed by atoms with van der Waals surface area (Å²) in [4.78, 5) is 35.0. The Morgan fingerprint density at radius 1 is 1.00 bits per heavy atom. The standard InChI is InChI=1S/C32H34ClFN4O2/c33-26-2-1-3-27(34)29(26)30(39)36-28-7-6-23-4-5-24(20-25(23)28)31(40)38-18-12-32(13-19-38)10-16-37(17-11-32)21-22-8-14-35-15-9-22/h1-5,8-9,14-15,20,28H,6-7,10-13,16-19,21H2,(H,36,39). The molecule has 2 saturated heterocycles. The van der Waals surface area contributed by atoms with Gasteiger partial charge in [-0.3, -0.25) is 19.5 Å². The van der Waals surface area contributed by atoms with Gasteiger partial charge in [-0.25, -0.2) is 4.39 Å². The lowest BCUT2D eigenvalue weighted by molar-refractivity contribution is 0.0285. The summed E-state index contributed by atoms with van der Waals surface area (Å²) in [7, 11) is 0. The third-order valence-electron chi connectivity index (χ3n) is 9.15. The molecule has 1 aromatic heterocycles. The number of fused-ring (bicyclic) bond motifs is 1. The van der Waals surface area contributed by atoms with Crippen LogP contribution in [-0.2, 0) is 13.0 Å². The van der Waals surface area contributed by atoms with Crippen LogP contribution in [-0.4, -0.2) is 52.8 Å². The van der Waals surface area contributed by atoms with E-state index in [4.69, 9.17) is 11.6 Å².